The molecule has 0 saturated carbocycles. The van der Waals surface area contributed by atoms with E-state index >= 15 is 0 Å². The van der Waals surface area contributed by atoms with Crippen molar-refractivity contribution >= 4 is 13.3 Å². The molecule has 0 nitrogen and oxygen atoms in total. The maximum absolute atomic E-state index is 2.45. The molecule has 1 aliphatic carbocycles. The van der Waals surface area contributed by atoms with Gasteiger partial charge in [0.15, 0.2) is 0 Å². The number of allylic oxidation sites excluding steroid dienone is 4. The van der Waals surface area contributed by atoms with Crippen LogP contribution < -0.4 is 42.4 Å². The molecule has 1 aromatic carbocycles. The molecule has 0 bridgehead atoms. The van der Waals surface area contributed by atoms with Gasteiger partial charge in [-0.15, -0.1) is 0 Å². The van der Waals surface area contributed by atoms with Crippen molar-refractivity contribution in [3.63, 3.8) is 0 Å². The molecular weight excluding hydrogens is 399 g/mol. The Hall–Kier alpha value is 0.501. The van der Waals surface area contributed by atoms with Crippen LogP contribution in [0.25, 0.3) is 0 Å². The summed E-state index contributed by atoms with van der Waals surface area (Å²) in [6, 6.07) is 14.4. The Morgan fingerprint density at radius 1 is 0.913 bits per heavy atom. The van der Waals surface area contributed by atoms with E-state index in [2.05, 4.69) is 71.5 Å². The van der Waals surface area contributed by atoms with Gasteiger partial charge in [-0.3, -0.25) is 0 Å². The molecule has 0 spiro atoms. The van der Waals surface area contributed by atoms with Gasteiger partial charge in [0.1, 0.15) is 0 Å². The van der Waals surface area contributed by atoms with Crippen LogP contribution in [-0.4, -0.2) is 8.07 Å². The van der Waals surface area contributed by atoms with Crippen LogP contribution in [-0.2, 0) is 20.4 Å². The summed E-state index contributed by atoms with van der Waals surface area (Å²) in [5, 5.41) is 3.54. The van der Waals surface area contributed by atoms with Crippen molar-refractivity contribution in [3.8, 4) is 0 Å². The zero-order valence-electron chi connectivity index (χ0n) is 13.9. The molecule has 0 N–H and O–H groups in total. The van der Waals surface area contributed by atoms with Crippen molar-refractivity contribution in [1.82, 2.24) is 0 Å². The molecule has 1 saturated heterocycles. The van der Waals surface area contributed by atoms with Crippen molar-refractivity contribution < 1.29 is 57.7 Å². The zero-order chi connectivity index (χ0) is 14.3. The predicted octanol–water partition coefficient (Wildman–Crippen LogP) is -4.53. The van der Waals surface area contributed by atoms with Crippen molar-refractivity contribution in [2.24, 2.45) is 5.92 Å². The Bertz CT molecular complexity index is 590. The summed E-state index contributed by atoms with van der Waals surface area (Å²) < 4.78 is 1.62. The fourth-order valence-corrected chi connectivity index (χ4v) is 11.3. The van der Waals surface area contributed by atoms with Gasteiger partial charge >= 0.3 is 136 Å². The summed E-state index contributed by atoms with van der Waals surface area (Å²) in [5.74, 6) is 0.681. The van der Waals surface area contributed by atoms with Crippen LogP contribution in [0, 0.1) is 5.92 Å². The first-order chi connectivity index (χ1) is 9.58. The summed E-state index contributed by atoms with van der Waals surface area (Å²) in [7, 11) is -1.45. The average molecular weight is 422 g/mol. The fraction of sp³-hybridized carbons (Fsp3) is 0.444. The Kier molecular flexibility index (Phi) is 9.47. The third-order valence-corrected chi connectivity index (χ3v) is 12.5. The molecule has 1 aliphatic heterocycles. The van der Waals surface area contributed by atoms with Crippen LogP contribution >= 0.6 is 0 Å². The van der Waals surface area contributed by atoms with Gasteiger partial charge in [0.25, 0.3) is 0 Å². The summed E-state index contributed by atoms with van der Waals surface area (Å²) in [4.78, 5) is 0. The Balaban J connectivity index is 0.00000161. The number of rotatable bonds is 2. The Labute approximate surface area is 172 Å². The Morgan fingerprint density at radius 3 is 1.87 bits per heavy atom. The largest absolute Gasteiger partial charge is 1.00 e. The van der Waals surface area contributed by atoms with Gasteiger partial charge in [0.2, 0.25) is 0 Å². The molecule has 1 fully saturated rings. The van der Waals surface area contributed by atoms with Crippen LogP contribution in [0.1, 0.15) is 33.6 Å². The second-order valence-corrected chi connectivity index (χ2v) is 11.6. The number of halogens is 3. The molecular formula is C18H23Cl3SiTi. The van der Waals surface area contributed by atoms with Crippen LogP contribution in [0.3, 0.4) is 0 Å². The molecule has 1 unspecified atom stereocenters. The third-order valence-electron chi connectivity index (χ3n) is 5.54. The fourth-order valence-electron chi connectivity index (χ4n) is 4.42. The summed E-state index contributed by atoms with van der Waals surface area (Å²) >= 11 is 2.35. The van der Waals surface area contributed by atoms with Crippen molar-refractivity contribution in [1.29, 1.82) is 0 Å². The first kappa shape index (κ1) is 23.5. The van der Waals surface area contributed by atoms with Gasteiger partial charge in [0, 0.05) is 0 Å². The molecule has 0 aromatic heterocycles. The van der Waals surface area contributed by atoms with E-state index in [1.807, 2.05) is 5.20 Å². The molecule has 3 rings (SSSR count). The monoisotopic (exact) mass is 420 g/mol. The van der Waals surface area contributed by atoms with E-state index in [1.165, 1.54) is 24.9 Å². The van der Waals surface area contributed by atoms with Crippen molar-refractivity contribution in [3.05, 3.63) is 50.6 Å². The van der Waals surface area contributed by atoms with Gasteiger partial charge in [-0.05, 0) is 0 Å². The summed E-state index contributed by atoms with van der Waals surface area (Å²) in [6.45, 7) is 7.16. The van der Waals surface area contributed by atoms with Crippen LogP contribution in [0.5, 0.6) is 0 Å². The minimum absolute atomic E-state index is 0. The predicted molar refractivity (Wildman–Crippen MR) is 85.2 cm³/mol. The molecule has 1 aromatic rings. The SMILES string of the molecule is CC1=[C]([Ti+3])C(C)C([Si]2(c3ccccc3)CCCC2)=C1C.[Cl-].[Cl-].[Cl-]. The van der Waals surface area contributed by atoms with E-state index in [4.69, 9.17) is 0 Å². The van der Waals surface area contributed by atoms with Crippen molar-refractivity contribution in [2.45, 2.75) is 45.7 Å². The first-order valence-electron chi connectivity index (χ1n) is 7.77. The average Bonchev–Trinajstić information content (AvgIpc) is 3.03. The number of hydrogen-bond donors (Lipinski definition) is 0. The number of hydrogen-bond acceptors (Lipinski definition) is 0. The van der Waals surface area contributed by atoms with Gasteiger partial charge in [-0.2, -0.15) is 0 Å². The standard InChI is InChI=1S/C18H23Si.3ClH.Ti/c1-14-13-15(2)18(16(14)3)19(11-7-8-12-19)17-9-5-4-6-10-17;;;;/h4-6,9-10,15H,7-8,11-12H2,1-3H3;3*1H;/q;;;;+3/p-3. The minimum atomic E-state index is -1.45. The molecule has 2 aliphatic rings. The summed E-state index contributed by atoms with van der Waals surface area (Å²) in [5.41, 5.74) is 3.20. The van der Waals surface area contributed by atoms with Crippen LogP contribution in [0.15, 0.2) is 50.6 Å². The van der Waals surface area contributed by atoms with E-state index in [1.54, 1.807) is 20.2 Å². The van der Waals surface area contributed by atoms with Gasteiger partial charge in [-0.25, -0.2) is 0 Å². The first-order valence-corrected chi connectivity index (χ1v) is 11.0. The Morgan fingerprint density at radius 2 is 1.43 bits per heavy atom. The molecule has 1 atom stereocenters. The second-order valence-electron chi connectivity index (χ2n) is 6.45. The normalized spacial score (nSPS) is 22.4. The van der Waals surface area contributed by atoms with E-state index in [-0.39, 0.29) is 37.2 Å². The van der Waals surface area contributed by atoms with Crippen molar-refractivity contribution in [2.75, 3.05) is 0 Å². The zero-order valence-corrected chi connectivity index (χ0v) is 18.8. The topological polar surface area (TPSA) is 0 Å². The maximum atomic E-state index is 2.45. The third kappa shape index (κ3) is 3.86. The maximum Gasteiger partial charge on any atom is -1.00 e. The van der Waals surface area contributed by atoms with E-state index in [9.17, 15) is 0 Å². The molecule has 1 heterocycles. The van der Waals surface area contributed by atoms with Gasteiger partial charge in [0.05, 0.1) is 0 Å². The van der Waals surface area contributed by atoms with Crippen LogP contribution in [0.4, 0.5) is 0 Å². The molecule has 5 heteroatoms. The molecule has 0 radical (unpaired) electrons. The minimum Gasteiger partial charge on any atom is -1.00 e. The van der Waals surface area contributed by atoms with Gasteiger partial charge < -0.3 is 37.2 Å². The molecule has 124 valence electrons. The molecule has 23 heavy (non-hydrogen) atoms. The van der Waals surface area contributed by atoms with E-state index in [0.717, 1.165) is 0 Å². The van der Waals surface area contributed by atoms with Gasteiger partial charge in [-0.1, -0.05) is 0 Å². The van der Waals surface area contributed by atoms with Crippen LogP contribution in [0.2, 0.25) is 12.1 Å². The van der Waals surface area contributed by atoms with E-state index < -0.39 is 8.07 Å². The molecule has 0 amide bonds. The smallest absolute Gasteiger partial charge is 1.00 e. The van der Waals surface area contributed by atoms with E-state index in [0.29, 0.717) is 5.92 Å². The quantitative estimate of drug-likeness (QED) is 0.422. The second kappa shape index (κ2) is 9.27. The number of benzene rings is 1. The summed E-state index contributed by atoms with van der Waals surface area (Å²) in [6.07, 6.45) is 2.87.